The highest BCUT2D eigenvalue weighted by molar-refractivity contribution is 7.08. The Kier molecular flexibility index (Phi) is 7.59. The van der Waals surface area contributed by atoms with Gasteiger partial charge in [-0.1, -0.05) is 24.3 Å². The second-order valence-electron chi connectivity index (χ2n) is 10.8. The Bertz CT molecular complexity index is 1280. The predicted molar refractivity (Wildman–Crippen MR) is 148 cm³/mol. The minimum atomic E-state index is -0.832. The third-order valence-electron chi connectivity index (χ3n) is 8.13. The summed E-state index contributed by atoms with van der Waals surface area (Å²) in [5.41, 5.74) is 10.2. The summed E-state index contributed by atoms with van der Waals surface area (Å²) >= 11 is 1.59. The second-order valence-corrected chi connectivity index (χ2v) is 11.6. The van der Waals surface area contributed by atoms with Crippen LogP contribution < -0.4 is 11.1 Å². The number of benzene rings is 1. The minimum Gasteiger partial charge on any atom is -0.343 e. The van der Waals surface area contributed by atoms with Gasteiger partial charge in [0.25, 0.3) is 0 Å². The zero-order valence-corrected chi connectivity index (χ0v) is 22.6. The van der Waals surface area contributed by atoms with Crippen LogP contribution in [0.25, 0.3) is 22.4 Å². The van der Waals surface area contributed by atoms with Crippen LogP contribution >= 0.6 is 11.3 Å². The Morgan fingerprint density at radius 2 is 1.82 bits per heavy atom. The van der Waals surface area contributed by atoms with E-state index >= 15 is 0 Å². The molecule has 3 N–H and O–H groups in total. The molecule has 2 amide bonds. The topological polar surface area (TPSA) is 101 Å². The molecule has 0 unspecified atom stereocenters. The maximum absolute atomic E-state index is 13.4. The summed E-state index contributed by atoms with van der Waals surface area (Å²) in [6, 6.07) is 11.9. The number of amides is 2. The van der Waals surface area contributed by atoms with E-state index in [0.717, 1.165) is 47.9 Å². The number of nitrogens with zero attached hydrogens (tertiary/aromatic N) is 3. The number of halogens is 1. The number of anilines is 1. The number of hydrogen-bond donors (Lipinski definition) is 2. The van der Waals surface area contributed by atoms with E-state index in [0.29, 0.717) is 36.7 Å². The lowest BCUT2D eigenvalue weighted by atomic mass is 9.71. The molecule has 2 heterocycles. The summed E-state index contributed by atoms with van der Waals surface area (Å²) in [6.07, 6.45) is 3.97. The van der Waals surface area contributed by atoms with Crippen molar-refractivity contribution in [1.29, 1.82) is 0 Å². The standard InChI is InChI=1S/C29H34FN5O2S/c1-18(36)35(2)24-9-3-19(4-10-24)13-27(37)32-26-14-25(21-11-12-38-17-21)28(34-33-26)20-5-7-22(8-6-20)29(31)15-23(30)16-29/h5-8,11-12,14,17,19,23-24H,3-4,9-10,13,15-16,31H2,1-2H3,(H,32,33,37)/t19?,23-,24?,29+. The molecule has 9 heteroatoms. The van der Waals surface area contributed by atoms with E-state index in [1.807, 2.05) is 59.1 Å². The van der Waals surface area contributed by atoms with Crippen LogP contribution in [0.2, 0.25) is 0 Å². The molecule has 3 aromatic rings. The van der Waals surface area contributed by atoms with Gasteiger partial charge in [0, 0.05) is 55.9 Å². The van der Waals surface area contributed by atoms with Gasteiger partial charge in [-0.25, -0.2) is 4.39 Å². The van der Waals surface area contributed by atoms with E-state index in [1.54, 1.807) is 18.3 Å². The van der Waals surface area contributed by atoms with Crippen LogP contribution in [0.4, 0.5) is 10.2 Å². The summed E-state index contributed by atoms with van der Waals surface area (Å²) in [4.78, 5) is 26.3. The predicted octanol–water partition coefficient (Wildman–Crippen LogP) is 5.52. The minimum absolute atomic E-state index is 0.0732. The van der Waals surface area contributed by atoms with Gasteiger partial charge in [0.1, 0.15) is 11.9 Å². The van der Waals surface area contributed by atoms with Crippen molar-refractivity contribution in [2.75, 3.05) is 12.4 Å². The lowest BCUT2D eigenvalue weighted by molar-refractivity contribution is -0.130. The number of rotatable bonds is 7. The molecule has 5 rings (SSSR count). The first-order valence-electron chi connectivity index (χ1n) is 13.2. The number of hydrogen-bond acceptors (Lipinski definition) is 6. The summed E-state index contributed by atoms with van der Waals surface area (Å²) < 4.78 is 13.4. The van der Waals surface area contributed by atoms with E-state index in [4.69, 9.17) is 5.73 Å². The zero-order chi connectivity index (χ0) is 26.9. The van der Waals surface area contributed by atoms with Crippen molar-refractivity contribution < 1.29 is 14.0 Å². The smallest absolute Gasteiger partial charge is 0.225 e. The highest BCUT2D eigenvalue weighted by atomic mass is 32.1. The molecular weight excluding hydrogens is 501 g/mol. The molecule has 2 fully saturated rings. The quantitative estimate of drug-likeness (QED) is 0.415. The first kappa shape index (κ1) is 26.4. The number of aromatic nitrogens is 2. The van der Waals surface area contributed by atoms with Gasteiger partial charge >= 0.3 is 0 Å². The van der Waals surface area contributed by atoms with Gasteiger partial charge in [0.2, 0.25) is 11.8 Å². The average Bonchev–Trinajstić information content (AvgIpc) is 3.43. The summed E-state index contributed by atoms with van der Waals surface area (Å²) in [5, 5.41) is 15.8. The van der Waals surface area contributed by atoms with Gasteiger partial charge in [-0.2, -0.15) is 11.3 Å². The first-order valence-corrected chi connectivity index (χ1v) is 14.1. The highest BCUT2D eigenvalue weighted by Gasteiger charge is 2.42. The number of nitrogens with one attached hydrogen (secondary N) is 1. The summed E-state index contributed by atoms with van der Waals surface area (Å²) in [6.45, 7) is 1.59. The maximum atomic E-state index is 13.4. The fourth-order valence-electron chi connectivity index (χ4n) is 5.68. The third kappa shape index (κ3) is 5.63. The molecule has 38 heavy (non-hydrogen) atoms. The molecule has 0 bridgehead atoms. The second kappa shape index (κ2) is 10.9. The molecule has 2 saturated carbocycles. The fourth-order valence-corrected chi connectivity index (χ4v) is 6.34. The molecule has 2 aromatic heterocycles. The fraction of sp³-hybridized carbons (Fsp3) is 0.448. The lowest BCUT2D eigenvalue weighted by Crippen LogP contribution is -2.50. The molecular formula is C29H34FN5O2S. The van der Waals surface area contributed by atoms with Crippen molar-refractivity contribution >= 4 is 29.0 Å². The average molecular weight is 536 g/mol. The highest BCUT2D eigenvalue weighted by Crippen LogP contribution is 2.42. The van der Waals surface area contributed by atoms with Crippen molar-refractivity contribution in [2.45, 2.75) is 69.6 Å². The van der Waals surface area contributed by atoms with Crippen LogP contribution in [0.5, 0.6) is 0 Å². The molecule has 2 aliphatic carbocycles. The Labute approximate surface area is 226 Å². The maximum Gasteiger partial charge on any atom is 0.225 e. The number of carbonyl (C=O) groups is 2. The van der Waals surface area contributed by atoms with Crippen molar-refractivity contribution in [3.8, 4) is 22.4 Å². The van der Waals surface area contributed by atoms with Crippen LogP contribution in [0.3, 0.4) is 0 Å². The SMILES string of the molecule is CC(=O)N(C)C1CCC(CC(=O)Nc2cc(-c3ccsc3)c(-c3ccc([C@]4(N)C[C@@H](F)C4)cc3)nn2)CC1. The van der Waals surface area contributed by atoms with E-state index in [1.165, 1.54) is 0 Å². The lowest BCUT2D eigenvalue weighted by Gasteiger charge is -2.41. The van der Waals surface area contributed by atoms with Crippen LogP contribution in [-0.2, 0) is 15.1 Å². The zero-order valence-electron chi connectivity index (χ0n) is 21.8. The summed E-state index contributed by atoms with van der Waals surface area (Å²) in [7, 11) is 1.85. The van der Waals surface area contributed by atoms with E-state index < -0.39 is 11.7 Å². The molecule has 1 aromatic carbocycles. The van der Waals surface area contributed by atoms with Gasteiger partial charge in [-0.05, 0) is 65.6 Å². The monoisotopic (exact) mass is 535 g/mol. The van der Waals surface area contributed by atoms with Gasteiger partial charge in [0.05, 0.1) is 0 Å². The van der Waals surface area contributed by atoms with E-state index in [9.17, 15) is 14.0 Å². The molecule has 0 spiro atoms. The van der Waals surface area contributed by atoms with Crippen molar-refractivity contribution in [2.24, 2.45) is 11.7 Å². The van der Waals surface area contributed by atoms with E-state index in [2.05, 4.69) is 15.5 Å². The van der Waals surface area contributed by atoms with Crippen molar-refractivity contribution in [3.05, 3.63) is 52.7 Å². The largest absolute Gasteiger partial charge is 0.343 e. The number of thiophene rings is 1. The normalized spacial score (nSPS) is 24.9. The third-order valence-corrected chi connectivity index (χ3v) is 8.82. The van der Waals surface area contributed by atoms with Gasteiger partial charge in [-0.3, -0.25) is 9.59 Å². The Hall–Kier alpha value is -3.17. The molecule has 0 aliphatic heterocycles. The van der Waals surface area contributed by atoms with E-state index in [-0.39, 0.29) is 17.9 Å². The Morgan fingerprint density at radius 3 is 2.42 bits per heavy atom. The van der Waals surface area contributed by atoms with Gasteiger partial charge in [-0.15, -0.1) is 10.2 Å². The van der Waals surface area contributed by atoms with Crippen LogP contribution in [0.15, 0.2) is 47.2 Å². The molecule has 2 aliphatic rings. The van der Waals surface area contributed by atoms with Crippen molar-refractivity contribution in [3.63, 3.8) is 0 Å². The molecule has 200 valence electrons. The number of alkyl halides is 1. The summed E-state index contributed by atoms with van der Waals surface area (Å²) in [5.74, 6) is 0.729. The molecule has 0 atom stereocenters. The molecule has 7 nitrogen and oxygen atoms in total. The van der Waals surface area contributed by atoms with Gasteiger partial charge in [0.15, 0.2) is 5.82 Å². The number of carbonyl (C=O) groups excluding carboxylic acids is 2. The first-order chi connectivity index (χ1) is 18.2. The Balaban J connectivity index is 1.28. The Morgan fingerprint density at radius 1 is 1.11 bits per heavy atom. The number of nitrogens with two attached hydrogens (primary N) is 1. The van der Waals surface area contributed by atoms with Gasteiger partial charge < -0.3 is 16.0 Å². The molecule has 0 saturated heterocycles. The van der Waals surface area contributed by atoms with Crippen molar-refractivity contribution in [1.82, 2.24) is 15.1 Å². The van der Waals surface area contributed by atoms with Crippen LogP contribution in [-0.4, -0.2) is 46.2 Å². The molecule has 0 radical (unpaired) electrons. The van der Waals surface area contributed by atoms with Crippen LogP contribution in [0, 0.1) is 5.92 Å². The van der Waals surface area contributed by atoms with Crippen LogP contribution in [0.1, 0.15) is 57.4 Å².